The standard InChI is InChI=1S/C18H21N3O.2ClH/c1-13(17-11-20-12-17)18(22)21-9-14-4-6-15(7-5-14)16-3-2-8-19-10-16;;/h2-8,10,13,17,20H,9,11-12H2,1H3,(H,21,22);2*1H. The van der Waals surface area contributed by atoms with Gasteiger partial charge in [0, 0.05) is 24.9 Å². The number of rotatable bonds is 5. The second-order valence-electron chi connectivity index (χ2n) is 5.86. The molecule has 1 fully saturated rings. The van der Waals surface area contributed by atoms with E-state index in [2.05, 4.69) is 39.9 Å². The van der Waals surface area contributed by atoms with Gasteiger partial charge in [-0.15, -0.1) is 24.8 Å². The van der Waals surface area contributed by atoms with Crippen LogP contribution in [-0.4, -0.2) is 24.0 Å². The number of carbonyl (C=O) groups is 1. The summed E-state index contributed by atoms with van der Waals surface area (Å²) in [6.45, 7) is 4.49. The molecule has 1 aliphatic heterocycles. The molecule has 1 aromatic carbocycles. The van der Waals surface area contributed by atoms with Crippen molar-refractivity contribution in [2.75, 3.05) is 13.1 Å². The molecule has 0 bridgehead atoms. The number of amides is 1. The van der Waals surface area contributed by atoms with Gasteiger partial charge in [-0.05, 0) is 41.8 Å². The van der Waals surface area contributed by atoms with Crippen LogP contribution >= 0.6 is 24.8 Å². The van der Waals surface area contributed by atoms with Crippen LogP contribution in [0.15, 0.2) is 48.8 Å². The molecule has 0 aliphatic carbocycles. The Hall–Kier alpha value is -1.62. The molecule has 2 N–H and O–H groups in total. The number of hydrogen-bond donors (Lipinski definition) is 2. The van der Waals surface area contributed by atoms with Gasteiger partial charge >= 0.3 is 0 Å². The molecule has 24 heavy (non-hydrogen) atoms. The van der Waals surface area contributed by atoms with Crippen LogP contribution in [0, 0.1) is 11.8 Å². The van der Waals surface area contributed by atoms with Crippen LogP contribution in [0.3, 0.4) is 0 Å². The van der Waals surface area contributed by atoms with E-state index in [0.717, 1.165) is 29.8 Å². The predicted molar refractivity (Wildman–Crippen MR) is 102 cm³/mol. The van der Waals surface area contributed by atoms with Crippen molar-refractivity contribution in [2.24, 2.45) is 11.8 Å². The Morgan fingerprint density at radius 2 is 1.92 bits per heavy atom. The molecule has 0 radical (unpaired) electrons. The van der Waals surface area contributed by atoms with E-state index in [0.29, 0.717) is 12.5 Å². The molecule has 1 saturated heterocycles. The highest BCUT2D eigenvalue weighted by atomic mass is 35.5. The molecule has 0 saturated carbocycles. The van der Waals surface area contributed by atoms with Crippen LogP contribution in [0.2, 0.25) is 0 Å². The minimum absolute atomic E-state index is 0. The molecule has 1 amide bonds. The van der Waals surface area contributed by atoms with Gasteiger partial charge in [0.25, 0.3) is 0 Å². The lowest BCUT2D eigenvalue weighted by atomic mass is 9.88. The molecule has 1 aliphatic rings. The molecule has 0 spiro atoms. The van der Waals surface area contributed by atoms with E-state index in [1.54, 1.807) is 6.20 Å². The summed E-state index contributed by atoms with van der Waals surface area (Å²) in [4.78, 5) is 16.2. The molecule has 1 atom stereocenters. The van der Waals surface area contributed by atoms with E-state index in [4.69, 9.17) is 0 Å². The first-order chi connectivity index (χ1) is 10.7. The minimum atomic E-state index is 0. The number of benzene rings is 1. The smallest absolute Gasteiger partial charge is 0.223 e. The zero-order valence-corrected chi connectivity index (χ0v) is 15.2. The van der Waals surface area contributed by atoms with Crippen LogP contribution in [0.4, 0.5) is 0 Å². The van der Waals surface area contributed by atoms with Crippen molar-refractivity contribution in [3.63, 3.8) is 0 Å². The van der Waals surface area contributed by atoms with Gasteiger partial charge < -0.3 is 10.6 Å². The van der Waals surface area contributed by atoms with Gasteiger partial charge in [0.2, 0.25) is 5.91 Å². The molecule has 1 unspecified atom stereocenters. The monoisotopic (exact) mass is 367 g/mol. The summed E-state index contributed by atoms with van der Waals surface area (Å²) < 4.78 is 0. The quantitative estimate of drug-likeness (QED) is 0.853. The highest BCUT2D eigenvalue weighted by Gasteiger charge is 2.28. The molecule has 6 heteroatoms. The number of pyridine rings is 1. The van der Waals surface area contributed by atoms with Crippen molar-refractivity contribution in [1.29, 1.82) is 0 Å². The van der Waals surface area contributed by atoms with Crippen molar-refractivity contribution in [2.45, 2.75) is 13.5 Å². The maximum atomic E-state index is 12.1. The van der Waals surface area contributed by atoms with E-state index in [1.165, 1.54) is 0 Å². The van der Waals surface area contributed by atoms with Crippen LogP contribution in [0.25, 0.3) is 11.1 Å². The minimum Gasteiger partial charge on any atom is -0.352 e. The number of nitrogens with zero attached hydrogens (tertiary/aromatic N) is 1. The highest BCUT2D eigenvalue weighted by Crippen LogP contribution is 2.19. The van der Waals surface area contributed by atoms with Crippen molar-refractivity contribution < 1.29 is 4.79 Å². The fraction of sp³-hybridized carbons (Fsp3) is 0.333. The zero-order valence-electron chi connectivity index (χ0n) is 13.6. The van der Waals surface area contributed by atoms with Gasteiger partial charge in [-0.3, -0.25) is 9.78 Å². The molecule has 1 aromatic heterocycles. The summed E-state index contributed by atoms with van der Waals surface area (Å²) in [6, 6.07) is 12.2. The van der Waals surface area contributed by atoms with Gasteiger partial charge in [-0.1, -0.05) is 37.3 Å². The first kappa shape index (κ1) is 20.4. The predicted octanol–water partition coefficient (Wildman–Crippen LogP) is 3.06. The average molecular weight is 368 g/mol. The van der Waals surface area contributed by atoms with Gasteiger partial charge in [0.05, 0.1) is 0 Å². The number of aromatic nitrogens is 1. The van der Waals surface area contributed by atoms with Crippen LogP contribution in [0.1, 0.15) is 12.5 Å². The zero-order chi connectivity index (χ0) is 15.4. The summed E-state index contributed by atoms with van der Waals surface area (Å²) in [5.74, 6) is 0.701. The Bertz CT molecular complexity index is 630. The largest absolute Gasteiger partial charge is 0.352 e. The maximum absolute atomic E-state index is 12.1. The lowest BCUT2D eigenvalue weighted by Crippen LogP contribution is -2.49. The lowest BCUT2D eigenvalue weighted by Gasteiger charge is -2.31. The van der Waals surface area contributed by atoms with Gasteiger partial charge in [0.15, 0.2) is 0 Å². The average Bonchev–Trinajstić information content (AvgIpc) is 2.52. The van der Waals surface area contributed by atoms with E-state index in [-0.39, 0.29) is 36.6 Å². The molecule has 130 valence electrons. The first-order valence-electron chi connectivity index (χ1n) is 7.72. The Morgan fingerprint density at radius 1 is 1.21 bits per heavy atom. The second kappa shape index (κ2) is 9.62. The first-order valence-corrected chi connectivity index (χ1v) is 7.72. The number of nitrogens with one attached hydrogen (secondary N) is 2. The van der Waals surface area contributed by atoms with Crippen molar-refractivity contribution >= 4 is 30.7 Å². The van der Waals surface area contributed by atoms with E-state index >= 15 is 0 Å². The van der Waals surface area contributed by atoms with E-state index < -0.39 is 0 Å². The molecular weight excluding hydrogens is 345 g/mol. The topological polar surface area (TPSA) is 54.0 Å². The van der Waals surface area contributed by atoms with E-state index in [1.807, 2.05) is 25.3 Å². The summed E-state index contributed by atoms with van der Waals surface area (Å²) in [5, 5.41) is 6.24. The van der Waals surface area contributed by atoms with Gasteiger partial charge in [-0.2, -0.15) is 0 Å². The lowest BCUT2D eigenvalue weighted by molar-refractivity contribution is -0.126. The third-order valence-electron chi connectivity index (χ3n) is 4.35. The van der Waals surface area contributed by atoms with Gasteiger partial charge in [-0.25, -0.2) is 0 Å². The molecule has 2 heterocycles. The third kappa shape index (κ3) is 4.94. The summed E-state index contributed by atoms with van der Waals surface area (Å²) in [5.41, 5.74) is 3.35. The maximum Gasteiger partial charge on any atom is 0.223 e. The number of hydrogen-bond acceptors (Lipinski definition) is 3. The fourth-order valence-electron chi connectivity index (χ4n) is 2.58. The second-order valence-corrected chi connectivity index (χ2v) is 5.86. The Labute approximate surface area is 155 Å². The Kier molecular flexibility index (Phi) is 8.19. The Balaban J connectivity index is 0.00000144. The number of halogens is 2. The van der Waals surface area contributed by atoms with E-state index in [9.17, 15) is 4.79 Å². The van der Waals surface area contributed by atoms with Crippen molar-refractivity contribution in [1.82, 2.24) is 15.6 Å². The van der Waals surface area contributed by atoms with Crippen molar-refractivity contribution in [3.05, 3.63) is 54.4 Å². The number of carbonyl (C=O) groups excluding carboxylic acids is 1. The highest BCUT2D eigenvalue weighted by molar-refractivity contribution is 5.85. The summed E-state index contributed by atoms with van der Waals surface area (Å²) in [7, 11) is 0. The molecular formula is C18H23Cl2N3O. The van der Waals surface area contributed by atoms with Crippen LogP contribution < -0.4 is 10.6 Å². The van der Waals surface area contributed by atoms with Crippen molar-refractivity contribution in [3.8, 4) is 11.1 Å². The Morgan fingerprint density at radius 3 is 2.46 bits per heavy atom. The van der Waals surface area contributed by atoms with Crippen LogP contribution in [-0.2, 0) is 11.3 Å². The molecule has 4 nitrogen and oxygen atoms in total. The molecule has 3 rings (SSSR count). The normalized spacial score (nSPS) is 14.5. The van der Waals surface area contributed by atoms with Gasteiger partial charge in [0.1, 0.15) is 0 Å². The summed E-state index contributed by atoms with van der Waals surface area (Å²) >= 11 is 0. The molecule has 2 aromatic rings. The van der Waals surface area contributed by atoms with Crippen LogP contribution in [0.5, 0.6) is 0 Å². The third-order valence-corrected chi connectivity index (χ3v) is 4.35. The summed E-state index contributed by atoms with van der Waals surface area (Å²) in [6.07, 6.45) is 3.62. The SMILES string of the molecule is CC(C(=O)NCc1ccc(-c2cccnc2)cc1)C1CNC1.Cl.Cl. The fourth-order valence-corrected chi connectivity index (χ4v) is 2.58.